The summed E-state index contributed by atoms with van der Waals surface area (Å²) in [6.45, 7) is 4.30. The van der Waals surface area contributed by atoms with Crippen molar-refractivity contribution in [2.24, 2.45) is 0 Å². The molecule has 16 heavy (non-hydrogen) atoms. The van der Waals surface area contributed by atoms with Gasteiger partial charge in [0.2, 0.25) is 0 Å². The molecule has 1 fully saturated rings. The minimum absolute atomic E-state index is 0.205. The van der Waals surface area contributed by atoms with Crippen LogP contribution in [-0.4, -0.2) is 41.3 Å². The van der Waals surface area contributed by atoms with E-state index in [0.29, 0.717) is 0 Å². The predicted molar refractivity (Wildman–Crippen MR) is 61.6 cm³/mol. The highest BCUT2D eigenvalue weighted by Crippen LogP contribution is 2.27. The molecule has 5 heteroatoms. The first-order valence-electron chi connectivity index (χ1n) is 5.18. The Labute approximate surface area is 98.4 Å². The molecule has 1 aliphatic heterocycles. The monoisotopic (exact) mass is 241 g/mol. The maximum atomic E-state index is 10.4. The molecule has 1 N–H and O–H groups in total. The Morgan fingerprint density at radius 1 is 1.69 bits per heavy atom. The highest BCUT2D eigenvalue weighted by Gasteiger charge is 2.39. The Morgan fingerprint density at radius 2 is 2.44 bits per heavy atom. The highest BCUT2D eigenvalue weighted by atomic mass is 32.1. The molecule has 0 spiro atoms. The molecule has 0 amide bonds. The molecule has 0 unspecified atom stereocenters. The first-order chi connectivity index (χ1) is 7.57. The molecule has 2 rings (SSSR count). The van der Waals surface area contributed by atoms with E-state index in [1.54, 1.807) is 11.3 Å². The molecule has 1 aromatic rings. The minimum Gasteiger partial charge on any atom is -0.480 e. The normalized spacial score (nSPS) is 19.3. The number of carbonyl (C=O) groups is 1. The van der Waals surface area contributed by atoms with Gasteiger partial charge in [0.15, 0.2) is 0 Å². The van der Waals surface area contributed by atoms with E-state index in [4.69, 9.17) is 9.84 Å². The van der Waals surface area contributed by atoms with Crippen molar-refractivity contribution in [2.45, 2.75) is 19.1 Å². The maximum Gasteiger partial charge on any atom is 0.329 e. The molecule has 0 saturated carbocycles. The van der Waals surface area contributed by atoms with Crippen LogP contribution in [0.2, 0.25) is 0 Å². The summed E-state index contributed by atoms with van der Waals surface area (Å²) in [4.78, 5) is 14.0. The summed E-state index contributed by atoms with van der Waals surface area (Å²) in [7, 11) is 0. The molecule has 0 bridgehead atoms. The number of nitrogens with zero attached hydrogens (tertiary/aromatic N) is 1. The molecular weight excluding hydrogens is 226 g/mol. The number of carboxylic acid groups (broad SMARTS) is 1. The minimum atomic E-state index is -0.905. The average molecular weight is 241 g/mol. The number of hydrogen-bond acceptors (Lipinski definition) is 4. The van der Waals surface area contributed by atoms with E-state index >= 15 is 0 Å². The third-order valence-corrected chi connectivity index (χ3v) is 3.48. The predicted octanol–water partition coefficient (Wildman–Crippen LogP) is 1.42. The van der Waals surface area contributed by atoms with E-state index in [0.717, 1.165) is 19.6 Å². The standard InChI is InChI=1S/C11H15NO3S/c1-11(15-6-10(13)14)7-12(8-11)5-9-3-2-4-16-9/h2-4H,5-8H2,1H3,(H,13,14). The molecule has 0 radical (unpaired) electrons. The van der Waals surface area contributed by atoms with Crippen LogP contribution in [-0.2, 0) is 16.1 Å². The van der Waals surface area contributed by atoms with Crippen molar-refractivity contribution in [3.63, 3.8) is 0 Å². The third-order valence-electron chi connectivity index (χ3n) is 2.62. The van der Waals surface area contributed by atoms with Gasteiger partial charge in [-0.2, -0.15) is 0 Å². The van der Waals surface area contributed by atoms with Crippen LogP contribution >= 0.6 is 11.3 Å². The average Bonchev–Trinajstić information content (AvgIpc) is 2.65. The number of thiophene rings is 1. The zero-order valence-corrected chi connectivity index (χ0v) is 10.00. The van der Waals surface area contributed by atoms with Gasteiger partial charge in [-0.1, -0.05) is 6.07 Å². The SMILES string of the molecule is CC1(OCC(=O)O)CN(Cc2cccs2)C1. The van der Waals surface area contributed by atoms with Gasteiger partial charge in [-0.3, -0.25) is 4.90 Å². The van der Waals surface area contributed by atoms with E-state index < -0.39 is 5.97 Å². The Kier molecular flexibility index (Phi) is 3.28. The van der Waals surface area contributed by atoms with Gasteiger partial charge < -0.3 is 9.84 Å². The zero-order valence-electron chi connectivity index (χ0n) is 9.18. The van der Waals surface area contributed by atoms with Crippen LogP contribution in [0.25, 0.3) is 0 Å². The van der Waals surface area contributed by atoms with Crippen LogP contribution in [0.3, 0.4) is 0 Å². The smallest absolute Gasteiger partial charge is 0.329 e. The van der Waals surface area contributed by atoms with Gasteiger partial charge in [-0.15, -0.1) is 11.3 Å². The Bertz CT molecular complexity index is 357. The fraction of sp³-hybridized carbons (Fsp3) is 0.545. The van der Waals surface area contributed by atoms with E-state index in [9.17, 15) is 4.79 Å². The van der Waals surface area contributed by atoms with E-state index in [2.05, 4.69) is 16.3 Å². The molecule has 0 aromatic carbocycles. The van der Waals surface area contributed by atoms with Crippen molar-refractivity contribution in [1.29, 1.82) is 0 Å². The van der Waals surface area contributed by atoms with Crippen molar-refractivity contribution in [3.8, 4) is 0 Å². The molecule has 4 nitrogen and oxygen atoms in total. The molecule has 1 aliphatic rings. The van der Waals surface area contributed by atoms with Crippen molar-refractivity contribution in [1.82, 2.24) is 4.90 Å². The number of likely N-dealkylation sites (tertiary alicyclic amines) is 1. The Hall–Kier alpha value is -0.910. The number of hydrogen-bond donors (Lipinski definition) is 1. The maximum absolute atomic E-state index is 10.4. The molecule has 1 saturated heterocycles. The van der Waals surface area contributed by atoms with Crippen LogP contribution in [0.5, 0.6) is 0 Å². The molecule has 1 aromatic heterocycles. The van der Waals surface area contributed by atoms with Crippen LogP contribution in [0, 0.1) is 0 Å². The quantitative estimate of drug-likeness (QED) is 0.847. The van der Waals surface area contributed by atoms with Crippen molar-refractivity contribution in [2.75, 3.05) is 19.7 Å². The summed E-state index contributed by atoms with van der Waals surface area (Å²) in [6, 6.07) is 4.15. The van der Waals surface area contributed by atoms with Crippen LogP contribution in [0.1, 0.15) is 11.8 Å². The summed E-state index contributed by atoms with van der Waals surface area (Å²) < 4.78 is 5.34. The molecular formula is C11H15NO3S. The van der Waals surface area contributed by atoms with Gasteiger partial charge >= 0.3 is 5.97 Å². The van der Waals surface area contributed by atoms with E-state index in [-0.39, 0.29) is 12.2 Å². The zero-order chi connectivity index (χ0) is 11.6. The Morgan fingerprint density at radius 3 is 3.00 bits per heavy atom. The Balaban J connectivity index is 1.74. The lowest BCUT2D eigenvalue weighted by Crippen LogP contribution is -2.61. The van der Waals surface area contributed by atoms with E-state index in [1.165, 1.54) is 4.88 Å². The summed E-state index contributed by atoms with van der Waals surface area (Å²) in [5, 5.41) is 10.6. The van der Waals surface area contributed by atoms with Gasteiger partial charge in [0, 0.05) is 24.5 Å². The number of rotatable bonds is 5. The van der Waals surface area contributed by atoms with Gasteiger partial charge in [-0.05, 0) is 18.4 Å². The lowest BCUT2D eigenvalue weighted by Gasteiger charge is -2.47. The third kappa shape index (κ3) is 2.81. The van der Waals surface area contributed by atoms with Crippen molar-refractivity contribution in [3.05, 3.63) is 22.4 Å². The first-order valence-corrected chi connectivity index (χ1v) is 6.06. The van der Waals surface area contributed by atoms with Gasteiger partial charge in [-0.25, -0.2) is 4.79 Å². The second-order valence-electron chi connectivity index (χ2n) is 4.36. The number of aliphatic carboxylic acids is 1. The molecule has 0 atom stereocenters. The summed E-state index contributed by atoms with van der Waals surface area (Å²) in [5.41, 5.74) is -0.282. The lowest BCUT2D eigenvalue weighted by molar-refractivity contribution is -0.165. The molecule has 0 aliphatic carbocycles. The van der Waals surface area contributed by atoms with Gasteiger partial charge in [0.25, 0.3) is 0 Å². The molecule has 2 heterocycles. The fourth-order valence-electron chi connectivity index (χ4n) is 1.96. The second-order valence-corrected chi connectivity index (χ2v) is 5.39. The van der Waals surface area contributed by atoms with Crippen LogP contribution < -0.4 is 0 Å². The summed E-state index contributed by atoms with van der Waals surface area (Å²) in [5.74, 6) is -0.905. The lowest BCUT2D eigenvalue weighted by atomic mass is 9.96. The summed E-state index contributed by atoms with van der Waals surface area (Å²) in [6.07, 6.45) is 0. The van der Waals surface area contributed by atoms with Crippen molar-refractivity contribution >= 4 is 17.3 Å². The number of ether oxygens (including phenoxy) is 1. The number of carboxylic acids is 1. The highest BCUT2D eigenvalue weighted by molar-refractivity contribution is 7.09. The van der Waals surface area contributed by atoms with Crippen LogP contribution in [0.4, 0.5) is 0 Å². The van der Waals surface area contributed by atoms with Gasteiger partial charge in [0.05, 0.1) is 5.60 Å². The summed E-state index contributed by atoms with van der Waals surface area (Å²) >= 11 is 1.74. The van der Waals surface area contributed by atoms with E-state index in [1.807, 2.05) is 13.0 Å². The van der Waals surface area contributed by atoms with Gasteiger partial charge in [0.1, 0.15) is 6.61 Å². The fourth-order valence-corrected chi connectivity index (χ4v) is 2.71. The first kappa shape index (κ1) is 11.6. The van der Waals surface area contributed by atoms with Crippen molar-refractivity contribution < 1.29 is 14.6 Å². The largest absolute Gasteiger partial charge is 0.480 e. The molecule has 88 valence electrons. The topological polar surface area (TPSA) is 49.8 Å². The van der Waals surface area contributed by atoms with Crippen LogP contribution in [0.15, 0.2) is 17.5 Å². The second kappa shape index (κ2) is 4.53.